The minimum Gasteiger partial charge on any atom is -0.376 e. The van der Waals surface area contributed by atoms with E-state index in [1.807, 2.05) is 0 Å². The van der Waals surface area contributed by atoms with Crippen LogP contribution in [0.1, 0.15) is 11.4 Å². The maximum atomic E-state index is 10.6. The summed E-state index contributed by atoms with van der Waals surface area (Å²) in [5.41, 5.74) is 0.165. The molecule has 1 rings (SSSR count). The summed E-state index contributed by atoms with van der Waals surface area (Å²) in [6, 6.07) is 2.70. The van der Waals surface area contributed by atoms with Crippen LogP contribution >= 0.6 is 7.60 Å². The second-order valence-electron chi connectivity index (χ2n) is 2.24. The fourth-order valence-corrected chi connectivity index (χ4v) is 1.29. The fourth-order valence-electron chi connectivity index (χ4n) is 0.730. The van der Waals surface area contributed by atoms with Crippen molar-refractivity contribution in [3.63, 3.8) is 0 Å². The van der Waals surface area contributed by atoms with Crippen LogP contribution in [0.3, 0.4) is 0 Å². The highest BCUT2D eigenvalue weighted by Crippen LogP contribution is 2.49. The van der Waals surface area contributed by atoms with Gasteiger partial charge in [0.05, 0.1) is 0 Å². The molecule has 0 aromatic carbocycles. The summed E-state index contributed by atoms with van der Waals surface area (Å²) in [5.74, 6) is -1.75. The van der Waals surface area contributed by atoms with Gasteiger partial charge in [0.15, 0.2) is 5.85 Å². The molecule has 3 N–H and O–H groups in total. The number of hydrogen-bond acceptors (Lipinski definition) is 3. The third-order valence-electron chi connectivity index (χ3n) is 1.32. The summed E-state index contributed by atoms with van der Waals surface area (Å²) in [4.78, 5) is 20.8. The van der Waals surface area contributed by atoms with Crippen molar-refractivity contribution in [3.05, 3.63) is 30.1 Å². The summed E-state index contributed by atoms with van der Waals surface area (Å²) in [5, 5.41) is 9.07. The van der Waals surface area contributed by atoms with Crippen molar-refractivity contribution in [2.75, 3.05) is 0 Å². The zero-order chi connectivity index (χ0) is 9.19. The number of rotatable bonds is 2. The van der Waals surface area contributed by atoms with Crippen LogP contribution in [-0.2, 0) is 4.57 Å². The minimum atomic E-state index is -4.45. The fraction of sp³-hybridized carbons (Fsp3) is 0.167. The molecule has 12 heavy (non-hydrogen) atoms. The van der Waals surface area contributed by atoms with Gasteiger partial charge in [-0.1, -0.05) is 0 Å². The first-order chi connectivity index (χ1) is 5.52. The van der Waals surface area contributed by atoms with Gasteiger partial charge in [0.25, 0.3) is 0 Å². The average molecular weight is 189 g/mol. The van der Waals surface area contributed by atoms with Crippen molar-refractivity contribution < 1.29 is 19.5 Å². The Balaban J connectivity index is 2.94. The lowest BCUT2D eigenvalue weighted by atomic mass is 10.3. The van der Waals surface area contributed by atoms with Gasteiger partial charge in [-0.2, -0.15) is 0 Å². The first-order valence-electron chi connectivity index (χ1n) is 3.15. The highest BCUT2D eigenvalue weighted by atomic mass is 31.2. The van der Waals surface area contributed by atoms with Crippen molar-refractivity contribution >= 4 is 7.60 Å². The van der Waals surface area contributed by atoms with Gasteiger partial charge >= 0.3 is 7.60 Å². The Bertz CT molecular complexity index is 296. The van der Waals surface area contributed by atoms with E-state index in [0.717, 1.165) is 0 Å². The summed E-state index contributed by atoms with van der Waals surface area (Å²) >= 11 is 0. The van der Waals surface area contributed by atoms with Crippen LogP contribution in [0.5, 0.6) is 0 Å². The smallest absolute Gasteiger partial charge is 0.358 e. The van der Waals surface area contributed by atoms with Gasteiger partial charge in [-0.25, -0.2) is 0 Å². The molecule has 1 atom stereocenters. The highest BCUT2D eigenvalue weighted by molar-refractivity contribution is 7.51. The van der Waals surface area contributed by atoms with Gasteiger partial charge in [0.2, 0.25) is 0 Å². The van der Waals surface area contributed by atoms with E-state index in [1.165, 1.54) is 24.5 Å². The number of hydrogen-bond donors (Lipinski definition) is 3. The van der Waals surface area contributed by atoms with Crippen molar-refractivity contribution in [2.24, 2.45) is 0 Å². The van der Waals surface area contributed by atoms with Crippen molar-refractivity contribution in [1.82, 2.24) is 4.98 Å². The molecule has 0 fully saturated rings. The Kier molecular flexibility index (Phi) is 2.59. The molecule has 0 bridgehead atoms. The molecule has 0 unspecified atom stereocenters. The second kappa shape index (κ2) is 3.33. The molecule has 0 aliphatic heterocycles. The van der Waals surface area contributed by atoms with Crippen LogP contribution in [0.2, 0.25) is 0 Å². The maximum absolute atomic E-state index is 10.6. The van der Waals surface area contributed by atoms with Gasteiger partial charge in [-0.3, -0.25) is 9.55 Å². The molecular weight excluding hydrogens is 181 g/mol. The lowest BCUT2D eigenvalue weighted by molar-refractivity contribution is 0.205. The predicted octanol–water partition coefficient (Wildman–Crippen LogP) is 0.250. The van der Waals surface area contributed by atoms with Gasteiger partial charge in [-0.05, 0) is 17.7 Å². The number of aliphatic hydroxyl groups excluding tert-OH is 1. The molecule has 1 heterocycles. The Hall–Kier alpha value is -0.740. The molecule has 0 amide bonds. The summed E-state index contributed by atoms with van der Waals surface area (Å²) in [6.07, 6.45) is 2.71. The van der Waals surface area contributed by atoms with Crippen LogP contribution < -0.4 is 0 Å². The van der Waals surface area contributed by atoms with E-state index in [2.05, 4.69) is 4.98 Å². The normalized spacial score (nSPS) is 14.2. The van der Waals surface area contributed by atoms with E-state index in [0.29, 0.717) is 0 Å². The Morgan fingerprint density at radius 1 is 1.33 bits per heavy atom. The Morgan fingerprint density at radius 3 is 2.25 bits per heavy atom. The van der Waals surface area contributed by atoms with E-state index in [9.17, 15) is 4.57 Å². The lowest BCUT2D eigenvalue weighted by Crippen LogP contribution is -1.97. The lowest BCUT2D eigenvalue weighted by Gasteiger charge is -2.11. The molecule has 0 spiro atoms. The van der Waals surface area contributed by atoms with E-state index in [1.54, 1.807) is 0 Å². The van der Waals surface area contributed by atoms with Gasteiger partial charge in [0.1, 0.15) is 0 Å². The van der Waals surface area contributed by atoms with Crippen molar-refractivity contribution in [1.29, 1.82) is 0 Å². The average Bonchev–Trinajstić information content (AvgIpc) is 2.03. The number of aromatic nitrogens is 1. The molecule has 0 aliphatic carbocycles. The maximum Gasteiger partial charge on any atom is 0.358 e. The first-order valence-corrected chi connectivity index (χ1v) is 4.83. The van der Waals surface area contributed by atoms with Gasteiger partial charge in [-0.15, -0.1) is 0 Å². The minimum absolute atomic E-state index is 0.165. The molecule has 0 aliphatic rings. The van der Waals surface area contributed by atoms with Crippen molar-refractivity contribution in [2.45, 2.75) is 5.85 Å². The number of pyridine rings is 1. The molecule has 1 aromatic rings. The summed E-state index contributed by atoms with van der Waals surface area (Å²) in [6.45, 7) is 0. The zero-order valence-corrected chi connectivity index (χ0v) is 6.93. The van der Waals surface area contributed by atoms with Crippen LogP contribution in [0.15, 0.2) is 24.5 Å². The third kappa shape index (κ3) is 2.12. The van der Waals surface area contributed by atoms with Gasteiger partial charge < -0.3 is 14.9 Å². The zero-order valence-electron chi connectivity index (χ0n) is 6.03. The van der Waals surface area contributed by atoms with Crippen molar-refractivity contribution in [3.8, 4) is 0 Å². The number of nitrogens with zero attached hydrogens (tertiary/aromatic N) is 1. The van der Waals surface area contributed by atoms with Crippen LogP contribution in [0.25, 0.3) is 0 Å². The van der Waals surface area contributed by atoms with E-state index in [4.69, 9.17) is 14.9 Å². The molecule has 6 heteroatoms. The predicted molar refractivity (Wildman–Crippen MR) is 41.2 cm³/mol. The summed E-state index contributed by atoms with van der Waals surface area (Å²) < 4.78 is 10.6. The van der Waals surface area contributed by atoms with Crippen LogP contribution in [0, 0.1) is 0 Å². The monoisotopic (exact) mass is 189 g/mol. The van der Waals surface area contributed by atoms with E-state index >= 15 is 0 Å². The quantitative estimate of drug-likeness (QED) is 0.580. The third-order valence-corrected chi connectivity index (χ3v) is 2.26. The molecular formula is C6H8NO4P. The van der Waals surface area contributed by atoms with Crippen LogP contribution in [0.4, 0.5) is 0 Å². The number of aliphatic hydroxyl groups is 1. The Labute approximate surface area is 68.9 Å². The molecule has 0 saturated carbocycles. The molecule has 0 saturated heterocycles. The highest BCUT2D eigenvalue weighted by Gasteiger charge is 2.27. The molecule has 66 valence electrons. The van der Waals surface area contributed by atoms with Gasteiger partial charge in [0, 0.05) is 12.4 Å². The van der Waals surface area contributed by atoms with E-state index < -0.39 is 13.4 Å². The molecule has 5 nitrogen and oxygen atoms in total. The second-order valence-corrected chi connectivity index (χ2v) is 3.91. The van der Waals surface area contributed by atoms with E-state index in [-0.39, 0.29) is 5.56 Å². The molecule has 1 aromatic heterocycles. The first kappa shape index (κ1) is 9.35. The largest absolute Gasteiger partial charge is 0.376 e. The standard InChI is InChI=1S/C6H8NO4P/c8-6(12(9,10)11)5-1-3-7-4-2-5/h1-4,6,8H,(H2,9,10,11)/t6-/m0/s1. The molecule has 0 radical (unpaired) electrons. The summed E-state index contributed by atoms with van der Waals surface area (Å²) in [7, 11) is -4.45. The topological polar surface area (TPSA) is 90.7 Å². The Morgan fingerprint density at radius 2 is 1.83 bits per heavy atom. The SMILES string of the molecule is O=P(O)(O)[C@H](O)c1ccncc1. The van der Waals surface area contributed by atoms with Crippen LogP contribution in [-0.4, -0.2) is 19.9 Å².